The highest BCUT2D eigenvalue weighted by Gasteiger charge is 2.35. The van der Waals surface area contributed by atoms with E-state index in [1.165, 1.54) is 31.2 Å². The molecule has 2 unspecified atom stereocenters. The minimum Gasteiger partial charge on any atom is -0.325 e. The van der Waals surface area contributed by atoms with Gasteiger partial charge >= 0.3 is 0 Å². The van der Waals surface area contributed by atoms with Gasteiger partial charge in [0.25, 0.3) is 0 Å². The van der Waals surface area contributed by atoms with E-state index in [0.29, 0.717) is 24.7 Å². The van der Waals surface area contributed by atoms with Crippen LogP contribution in [0.15, 0.2) is 24.3 Å². The zero-order chi connectivity index (χ0) is 15.5. The Morgan fingerprint density at radius 2 is 2.00 bits per heavy atom. The monoisotopic (exact) mass is 337 g/mol. The lowest BCUT2D eigenvalue weighted by atomic mass is 9.98. The lowest BCUT2D eigenvalue weighted by Gasteiger charge is -2.35. The highest BCUT2D eigenvalue weighted by Crippen LogP contribution is 2.29. The number of hydrogen-bond donors (Lipinski definition) is 2. The molecule has 1 aromatic carbocycles. The summed E-state index contributed by atoms with van der Waals surface area (Å²) in [5, 5.41) is 6.68. The Morgan fingerprint density at radius 3 is 2.65 bits per heavy atom. The fourth-order valence-corrected chi connectivity index (χ4v) is 3.81. The molecule has 23 heavy (non-hydrogen) atoms. The fourth-order valence-electron chi connectivity index (χ4n) is 3.81. The highest BCUT2D eigenvalue weighted by atomic mass is 35.5. The largest absolute Gasteiger partial charge is 0.325 e. The topological polar surface area (TPSA) is 44.4 Å². The Balaban J connectivity index is 0.00000192. The number of nitrogens with one attached hydrogen (secondary N) is 2. The first-order valence-electron chi connectivity index (χ1n) is 8.49. The van der Waals surface area contributed by atoms with Crippen molar-refractivity contribution < 1.29 is 4.79 Å². The molecule has 0 spiro atoms. The molecule has 1 aromatic rings. The van der Waals surface area contributed by atoms with Crippen molar-refractivity contribution >= 4 is 24.0 Å². The third kappa shape index (κ3) is 4.69. The number of anilines is 1. The van der Waals surface area contributed by atoms with E-state index in [-0.39, 0.29) is 18.3 Å². The summed E-state index contributed by atoms with van der Waals surface area (Å²) in [6.07, 6.45) is 5.93. The molecule has 0 radical (unpaired) electrons. The predicted octanol–water partition coefficient (Wildman–Crippen LogP) is 2.82. The van der Waals surface area contributed by atoms with E-state index >= 15 is 0 Å². The second-order valence-electron chi connectivity index (χ2n) is 6.78. The first kappa shape index (κ1) is 18.2. The zero-order valence-corrected chi connectivity index (χ0v) is 14.9. The predicted molar refractivity (Wildman–Crippen MR) is 97.3 cm³/mol. The second-order valence-corrected chi connectivity index (χ2v) is 6.78. The molecule has 0 aromatic heterocycles. The van der Waals surface area contributed by atoms with E-state index in [2.05, 4.69) is 41.6 Å². The van der Waals surface area contributed by atoms with Crippen molar-refractivity contribution in [3.8, 4) is 0 Å². The van der Waals surface area contributed by atoms with Gasteiger partial charge in [-0.3, -0.25) is 9.69 Å². The Kier molecular flexibility index (Phi) is 6.45. The summed E-state index contributed by atoms with van der Waals surface area (Å²) in [5.41, 5.74) is 2.16. The van der Waals surface area contributed by atoms with Crippen molar-refractivity contribution in [2.45, 2.75) is 57.2 Å². The number of rotatable bonds is 5. The molecule has 4 nitrogen and oxygen atoms in total. The Bertz CT molecular complexity index is 525. The highest BCUT2D eigenvalue weighted by molar-refractivity contribution is 5.92. The quantitative estimate of drug-likeness (QED) is 0.868. The Morgan fingerprint density at radius 1 is 1.30 bits per heavy atom. The van der Waals surface area contributed by atoms with Crippen molar-refractivity contribution in [2.75, 3.05) is 18.9 Å². The Labute approximate surface area is 145 Å². The lowest BCUT2D eigenvalue weighted by Crippen LogP contribution is -2.48. The minimum atomic E-state index is 0. The number of carbonyl (C=O) groups is 1. The maximum Gasteiger partial charge on any atom is 0.238 e. The molecule has 0 saturated carbocycles. The van der Waals surface area contributed by atoms with Gasteiger partial charge in [0.05, 0.1) is 6.54 Å². The number of piperidine rings is 1. The van der Waals surface area contributed by atoms with Crippen LogP contribution in [0.3, 0.4) is 0 Å². The van der Waals surface area contributed by atoms with E-state index < -0.39 is 0 Å². The van der Waals surface area contributed by atoms with Gasteiger partial charge in [0.1, 0.15) is 0 Å². The van der Waals surface area contributed by atoms with Crippen LogP contribution in [0, 0.1) is 0 Å². The van der Waals surface area contributed by atoms with Gasteiger partial charge in [0.2, 0.25) is 5.91 Å². The van der Waals surface area contributed by atoms with Crippen LogP contribution in [0.25, 0.3) is 0 Å². The summed E-state index contributed by atoms with van der Waals surface area (Å²) >= 11 is 0. The van der Waals surface area contributed by atoms with E-state index in [9.17, 15) is 4.79 Å². The van der Waals surface area contributed by atoms with Crippen LogP contribution >= 0.6 is 12.4 Å². The zero-order valence-electron chi connectivity index (χ0n) is 14.0. The third-order valence-corrected chi connectivity index (χ3v) is 5.08. The average molecular weight is 338 g/mol. The summed E-state index contributed by atoms with van der Waals surface area (Å²) in [4.78, 5) is 14.5. The Hall–Kier alpha value is -1.10. The standard InChI is InChI=1S/C18H27N3O.ClH/c1-3-13-5-4-6-14(9-13)20-18(22)12-21(2)17-10-15-7-8-16(11-17)19-15;/h4-6,9,15-17,19H,3,7-8,10-12H2,1-2H3,(H,20,22);1H. The molecular formula is C18H28ClN3O. The number of nitrogens with zero attached hydrogens (tertiary/aromatic N) is 1. The summed E-state index contributed by atoms with van der Waals surface area (Å²) in [6, 6.07) is 9.97. The SMILES string of the molecule is CCc1cccc(NC(=O)CN(C)C2CC3CCC(C2)N3)c1.Cl. The van der Waals surface area contributed by atoms with Crippen LogP contribution in [-0.4, -0.2) is 42.5 Å². The number of hydrogen-bond acceptors (Lipinski definition) is 3. The van der Waals surface area contributed by atoms with Gasteiger partial charge in [-0.05, 0) is 56.8 Å². The molecule has 0 aliphatic carbocycles. The molecule has 2 aliphatic rings. The van der Waals surface area contributed by atoms with Gasteiger partial charge in [-0.25, -0.2) is 0 Å². The third-order valence-electron chi connectivity index (χ3n) is 5.08. The van der Waals surface area contributed by atoms with Crippen molar-refractivity contribution in [2.24, 2.45) is 0 Å². The number of amides is 1. The minimum absolute atomic E-state index is 0. The van der Waals surface area contributed by atoms with Gasteiger partial charge in [-0.15, -0.1) is 12.4 Å². The smallest absolute Gasteiger partial charge is 0.238 e. The van der Waals surface area contributed by atoms with Crippen LogP contribution in [0.1, 0.15) is 38.2 Å². The molecule has 3 rings (SSSR count). The summed E-state index contributed by atoms with van der Waals surface area (Å²) < 4.78 is 0. The van der Waals surface area contributed by atoms with Crippen LogP contribution in [0.5, 0.6) is 0 Å². The first-order chi connectivity index (χ1) is 10.6. The van der Waals surface area contributed by atoms with Crippen molar-refractivity contribution in [1.82, 2.24) is 10.2 Å². The molecule has 2 fully saturated rings. The van der Waals surface area contributed by atoms with Crippen molar-refractivity contribution in [3.05, 3.63) is 29.8 Å². The summed E-state index contributed by atoms with van der Waals surface area (Å²) in [5.74, 6) is 0.0848. The number of halogens is 1. The summed E-state index contributed by atoms with van der Waals surface area (Å²) in [6.45, 7) is 2.60. The maximum absolute atomic E-state index is 12.3. The molecule has 2 atom stereocenters. The number of likely N-dealkylation sites (N-methyl/N-ethyl adjacent to an activating group) is 1. The van der Waals surface area contributed by atoms with E-state index in [1.807, 2.05) is 12.1 Å². The van der Waals surface area contributed by atoms with E-state index in [1.54, 1.807) is 0 Å². The van der Waals surface area contributed by atoms with Crippen LogP contribution in [0.2, 0.25) is 0 Å². The first-order valence-corrected chi connectivity index (χ1v) is 8.49. The molecule has 2 bridgehead atoms. The van der Waals surface area contributed by atoms with E-state index in [4.69, 9.17) is 0 Å². The molecule has 2 aliphatic heterocycles. The van der Waals surface area contributed by atoms with Gasteiger partial charge < -0.3 is 10.6 Å². The lowest BCUT2D eigenvalue weighted by molar-refractivity contribution is -0.117. The summed E-state index contributed by atoms with van der Waals surface area (Å²) in [7, 11) is 2.08. The van der Waals surface area contributed by atoms with Crippen molar-refractivity contribution in [1.29, 1.82) is 0 Å². The normalized spacial score (nSPS) is 26.0. The van der Waals surface area contributed by atoms with Crippen molar-refractivity contribution in [3.63, 3.8) is 0 Å². The van der Waals surface area contributed by atoms with Gasteiger partial charge in [0.15, 0.2) is 0 Å². The van der Waals surface area contributed by atoms with Gasteiger partial charge in [-0.1, -0.05) is 19.1 Å². The number of fused-ring (bicyclic) bond motifs is 2. The number of benzene rings is 1. The number of aryl methyl sites for hydroxylation is 1. The maximum atomic E-state index is 12.3. The van der Waals surface area contributed by atoms with E-state index in [0.717, 1.165) is 12.1 Å². The van der Waals surface area contributed by atoms with Gasteiger partial charge in [-0.2, -0.15) is 0 Å². The molecular weight excluding hydrogens is 310 g/mol. The molecule has 2 N–H and O–H groups in total. The number of carbonyl (C=O) groups excluding carboxylic acids is 1. The van der Waals surface area contributed by atoms with Crippen LogP contribution in [0.4, 0.5) is 5.69 Å². The van der Waals surface area contributed by atoms with Crippen LogP contribution in [-0.2, 0) is 11.2 Å². The molecule has 1 amide bonds. The molecule has 5 heteroatoms. The fraction of sp³-hybridized carbons (Fsp3) is 0.611. The molecule has 128 valence electrons. The molecule has 2 heterocycles. The van der Waals surface area contributed by atoms with Gasteiger partial charge in [0, 0.05) is 23.8 Å². The molecule has 2 saturated heterocycles. The second kappa shape index (κ2) is 8.13. The average Bonchev–Trinajstić information content (AvgIpc) is 2.85. The van der Waals surface area contributed by atoms with Crippen LogP contribution < -0.4 is 10.6 Å².